The van der Waals surface area contributed by atoms with Crippen LogP contribution >= 0.6 is 12.8 Å². The number of nitrogens with zero attached hydrogens (tertiary/aromatic N) is 2. The lowest BCUT2D eigenvalue weighted by Crippen LogP contribution is -2.29. The number of nitrogens with two attached hydrogens (primary N) is 1. The minimum atomic E-state index is -0.567. The number of piperidine rings is 1. The zero-order chi connectivity index (χ0) is 13.0. The van der Waals surface area contributed by atoms with Crippen molar-refractivity contribution in [3.8, 4) is 0 Å². The fourth-order valence-electron chi connectivity index (χ4n) is 2.25. The Kier molecular flexibility index (Phi) is 4.49. The Morgan fingerprint density at radius 1 is 1.22 bits per heavy atom. The van der Waals surface area contributed by atoms with Crippen molar-refractivity contribution in [3.05, 3.63) is 29.8 Å². The van der Waals surface area contributed by atoms with E-state index in [1.54, 1.807) is 0 Å². The van der Waals surface area contributed by atoms with Crippen LogP contribution in [0.5, 0.6) is 0 Å². The topological polar surface area (TPSA) is 49.6 Å². The molecule has 1 aromatic carbocycles. The van der Waals surface area contributed by atoms with E-state index in [0.29, 0.717) is 5.69 Å². The molecule has 0 radical (unpaired) electrons. The predicted octanol–water partition coefficient (Wildman–Crippen LogP) is 2.40. The van der Waals surface area contributed by atoms with E-state index in [0.717, 1.165) is 10.8 Å². The summed E-state index contributed by atoms with van der Waals surface area (Å²) >= 11 is 4.03. The molecule has 5 heteroatoms. The van der Waals surface area contributed by atoms with E-state index in [2.05, 4.69) is 17.7 Å². The highest BCUT2D eigenvalue weighted by Gasteiger charge is 2.11. The van der Waals surface area contributed by atoms with Gasteiger partial charge in [-0.2, -0.15) is 0 Å². The lowest BCUT2D eigenvalue weighted by molar-refractivity contribution is 0.221. The molecule has 1 fully saturated rings. The first-order valence-electron chi connectivity index (χ1n) is 6.26. The van der Waals surface area contributed by atoms with Gasteiger partial charge in [0.1, 0.15) is 0 Å². The second-order valence-corrected chi connectivity index (χ2v) is 5.05. The summed E-state index contributed by atoms with van der Waals surface area (Å²) in [5, 5.41) is 0. The van der Waals surface area contributed by atoms with Crippen LogP contribution < -0.4 is 10.0 Å². The molecule has 0 aliphatic carbocycles. The van der Waals surface area contributed by atoms with E-state index in [1.165, 1.54) is 37.9 Å². The van der Waals surface area contributed by atoms with E-state index >= 15 is 0 Å². The second-order valence-electron chi connectivity index (χ2n) is 4.65. The molecule has 1 heterocycles. The molecule has 1 saturated heterocycles. The van der Waals surface area contributed by atoms with Crippen LogP contribution in [0.1, 0.15) is 24.8 Å². The number of benzene rings is 1. The van der Waals surface area contributed by atoms with Crippen molar-refractivity contribution in [1.82, 2.24) is 4.90 Å². The number of hydrogen-bond acceptors (Lipinski definition) is 3. The molecule has 18 heavy (non-hydrogen) atoms. The van der Waals surface area contributed by atoms with Crippen LogP contribution in [-0.2, 0) is 6.54 Å². The molecule has 0 atom stereocenters. The molecule has 0 aromatic heterocycles. The number of urea groups is 1. The van der Waals surface area contributed by atoms with Crippen LogP contribution in [0.25, 0.3) is 0 Å². The normalized spacial score (nSPS) is 16.5. The fourth-order valence-corrected chi connectivity index (χ4v) is 2.38. The molecule has 2 amide bonds. The monoisotopic (exact) mass is 265 g/mol. The summed E-state index contributed by atoms with van der Waals surface area (Å²) in [6.45, 7) is 3.34. The van der Waals surface area contributed by atoms with Crippen molar-refractivity contribution in [2.24, 2.45) is 5.73 Å². The third-order valence-corrected chi connectivity index (χ3v) is 3.67. The Hall–Kier alpha value is -1.20. The van der Waals surface area contributed by atoms with Crippen LogP contribution in [0.4, 0.5) is 10.5 Å². The maximum atomic E-state index is 11.0. The van der Waals surface area contributed by atoms with Gasteiger partial charge in [-0.3, -0.25) is 4.90 Å². The third-order valence-electron chi connectivity index (χ3n) is 3.24. The van der Waals surface area contributed by atoms with Gasteiger partial charge in [-0.1, -0.05) is 31.4 Å². The fraction of sp³-hybridized carbons (Fsp3) is 0.462. The van der Waals surface area contributed by atoms with Crippen molar-refractivity contribution in [3.63, 3.8) is 0 Å². The minimum Gasteiger partial charge on any atom is -0.350 e. The van der Waals surface area contributed by atoms with Crippen LogP contribution in [-0.4, -0.2) is 24.0 Å². The SMILES string of the molecule is NC(=O)N(S)c1ccc(CN2CCCCC2)cc1. The molecule has 0 bridgehead atoms. The Labute approximate surface area is 113 Å². The van der Waals surface area contributed by atoms with Crippen LogP contribution in [0.2, 0.25) is 0 Å². The van der Waals surface area contributed by atoms with Crippen molar-refractivity contribution in [2.45, 2.75) is 25.8 Å². The summed E-state index contributed by atoms with van der Waals surface area (Å²) in [6, 6.07) is 7.22. The lowest BCUT2D eigenvalue weighted by atomic mass is 10.1. The van der Waals surface area contributed by atoms with Crippen molar-refractivity contribution in [2.75, 3.05) is 17.4 Å². The van der Waals surface area contributed by atoms with Crippen molar-refractivity contribution < 1.29 is 4.79 Å². The van der Waals surface area contributed by atoms with E-state index in [-0.39, 0.29) is 0 Å². The van der Waals surface area contributed by atoms with Gasteiger partial charge in [-0.15, -0.1) is 0 Å². The highest BCUT2D eigenvalue weighted by molar-refractivity contribution is 7.82. The van der Waals surface area contributed by atoms with E-state index < -0.39 is 6.03 Å². The van der Waals surface area contributed by atoms with Crippen LogP contribution in [0, 0.1) is 0 Å². The minimum absolute atomic E-state index is 0.567. The Morgan fingerprint density at radius 3 is 2.39 bits per heavy atom. The Morgan fingerprint density at radius 2 is 1.83 bits per heavy atom. The number of hydrogen-bond donors (Lipinski definition) is 2. The smallest absolute Gasteiger partial charge is 0.329 e. The predicted molar refractivity (Wildman–Crippen MR) is 76.6 cm³/mol. The Bertz CT molecular complexity index is 401. The first-order chi connectivity index (χ1) is 8.66. The van der Waals surface area contributed by atoms with Crippen LogP contribution in [0.3, 0.4) is 0 Å². The number of rotatable bonds is 3. The van der Waals surface area contributed by atoms with E-state index in [9.17, 15) is 4.79 Å². The van der Waals surface area contributed by atoms with E-state index in [1.807, 2.05) is 24.3 Å². The van der Waals surface area contributed by atoms with Gasteiger partial charge < -0.3 is 5.73 Å². The van der Waals surface area contributed by atoms with Gasteiger partial charge in [0.15, 0.2) is 0 Å². The maximum Gasteiger partial charge on any atom is 0.329 e. The molecule has 4 nitrogen and oxygen atoms in total. The average molecular weight is 265 g/mol. The number of likely N-dealkylation sites (tertiary alicyclic amines) is 1. The van der Waals surface area contributed by atoms with E-state index in [4.69, 9.17) is 5.73 Å². The highest BCUT2D eigenvalue weighted by Crippen LogP contribution is 2.19. The molecule has 2 rings (SSSR count). The molecule has 98 valence electrons. The van der Waals surface area contributed by atoms with Crippen molar-refractivity contribution in [1.29, 1.82) is 0 Å². The van der Waals surface area contributed by atoms with Gasteiger partial charge in [0, 0.05) is 6.54 Å². The van der Waals surface area contributed by atoms with Gasteiger partial charge in [0.25, 0.3) is 0 Å². The molecule has 1 aliphatic rings. The number of primary amides is 1. The van der Waals surface area contributed by atoms with Gasteiger partial charge in [-0.05, 0) is 43.6 Å². The molecular formula is C13H19N3OS. The third kappa shape index (κ3) is 3.40. The number of anilines is 1. The first kappa shape index (κ1) is 13.2. The first-order valence-corrected chi connectivity index (χ1v) is 6.66. The van der Waals surface area contributed by atoms with Crippen LogP contribution in [0.15, 0.2) is 24.3 Å². The summed E-state index contributed by atoms with van der Waals surface area (Å²) in [4.78, 5) is 13.4. The average Bonchev–Trinajstić information content (AvgIpc) is 2.40. The van der Waals surface area contributed by atoms with Gasteiger partial charge in [0.2, 0.25) is 0 Å². The largest absolute Gasteiger partial charge is 0.350 e. The standard InChI is InChI=1S/C13H19N3OS/c14-13(17)16(18)12-6-4-11(5-7-12)10-15-8-2-1-3-9-15/h4-7,18H,1-3,8-10H2,(H2,14,17). The molecule has 0 spiro atoms. The summed E-state index contributed by atoms with van der Waals surface area (Å²) in [5.41, 5.74) is 7.12. The summed E-state index contributed by atoms with van der Waals surface area (Å²) in [7, 11) is 0. The van der Waals surface area contributed by atoms with Gasteiger partial charge >= 0.3 is 6.03 Å². The quantitative estimate of drug-likeness (QED) is 0.825. The Balaban J connectivity index is 1.96. The van der Waals surface area contributed by atoms with Gasteiger partial charge in [-0.25, -0.2) is 9.10 Å². The number of amides is 2. The zero-order valence-electron chi connectivity index (χ0n) is 10.4. The molecular weight excluding hydrogens is 246 g/mol. The zero-order valence-corrected chi connectivity index (χ0v) is 11.3. The molecule has 1 aliphatic heterocycles. The van der Waals surface area contributed by atoms with Crippen molar-refractivity contribution >= 4 is 24.5 Å². The molecule has 1 aromatic rings. The summed E-state index contributed by atoms with van der Waals surface area (Å²) in [6.07, 6.45) is 3.94. The van der Waals surface area contributed by atoms with Gasteiger partial charge in [0.05, 0.1) is 5.69 Å². The lowest BCUT2D eigenvalue weighted by Gasteiger charge is -2.26. The highest BCUT2D eigenvalue weighted by atomic mass is 32.1. The number of carbonyl (C=O) groups excluding carboxylic acids is 1. The number of thiol groups is 1. The molecule has 2 N–H and O–H groups in total. The molecule has 0 unspecified atom stereocenters. The molecule has 0 saturated carbocycles. The summed E-state index contributed by atoms with van der Waals surface area (Å²) < 4.78 is 1.14. The maximum absolute atomic E-state index is 11.0. The number of carbonyl (C=O) groups is 1. The summed E-state index contributed by atoms with van der Waals surface area (Å²) in [5.74, 6) is 0. The second kappa shape index (κ2) is 6.11.